The zero-order valence-electron chi connectivity index (χ0n) is 9.89. The lowest BCUT2D eigenvalue weighted by Gasteiger charge is -2.20. The van der Waals surface area contributed by atoms with Crippen LogP contribution in [0.25, 0.3) is 0 Å². The largest absolute Gasteiger partial charge is 0.481 e. The number of nitrogens with one attached hydrogen (secondary N) is 1. The molecule has 0 radical (unpaired) electrons. The van der Waals surface area contributed by atoms with Crippen molar-refractivity contribution in [2.24, 2.45) is 0 Å². The number of anilines is 1. The van der Waals surface area contributed by atoms with E-state index in [-0.39, 0.29) is 19.1 Å². The molecule has 0 unspecified atom stereocenters. The third kappa shape index (κ3) is 2.71. The quantitative estimate of drug-likeness (QED) is 0.807. The van der Waals surface area contributed by atoms with Gasteiger partial charge in [0.15, 0.2) is 13.2 Å². The van der Waals surface area contributed by atoms with Crippen LogP contribution in [0.15, 0.2) is 18.2 Å². The van der Waals surface area contributed by atoms with Crippen molar-refractivity contribution in [2.75, 3.05) is 25.1 Å². The Morgan fingerprint density at radius 1 is 1.50 bits per heavy atom. The summed E-state index contributed by atoms with van der Waals surface area (Å²) in [5.74, 6) is 0.192. The highest BCUT2D eigenvalue weighted by atomic mass is 16.6. The Hall–Kier alpha value is -2.24. The molecule has 1 aromatic carbocycles. The molecule has 1 aromatic rings. The van der Waals surface area contributed by atoms with Crippen molar-refractivity contribution in [1.29, 1.82) is 0 Å². The van der Waals surface area contributed by atoms with Crippen LogP contribution in [0.5, 0.6) is 11.5 Å². The smallest absolute Gasteiger partial charge is 0.344 e. The average Bonchev–Trinajstić information content (AvgIpc) is 2.36. The zero-order valence-corrected chi connectivity index (χ0v) is 9.89. The summed E-state index contributed by atoms with van der Waals surface area (Å²) in [7, 11) is 0. The molecule has 96 valence electrons. The van der Waals surface area contributed by atoms with Crippen LogP contribution in [-0.2, 0) is 14.3 Å². The number of amides is 1. The fourth-order valence-electron chi connectivity index (χ4n) is 1.53. The summed E-state index contributed by atoms with van der Waals surface area (Å²) < 4.78 is 15.3. The minimum Gasteiger partial charge on any atom is -0.481 e. The molecule has 0 saturated heterocycles. The zero-order chi connectivity index (χ0) is 13.0. The summed E-state index contributed by atoms with van der Waals surface area (Å²) in [5.41, 5.74) is 0.443. The van der Waals surface area contributed by atoms with Gasteiger partial charge in [-0.1, -0.05) is 6.07 Å². The van der Waals surface area contributed by atoms with Crippen molar-refractivity contribution in [3.8, 4) is 11.5 Å². The van der Waals surface area contributed by atoms with E-state index in [1.807, 2.05) is 0 Å². The predicted molar refractivity (Wildman–Crippen MR) is 62.7 cm³/mol. The Bertz CT molecular complexity index is 472. The highest BCUT2D eigenvalue weighted by Gasteiger charge is 2.20. The van der Waals surface area contributed by atoms with Crippen LogP contribution in [0.2, 0.25) is 0 Å². The Morgan fingerprint density at radius 3 is 3.11 bits per heavy atom. The number of benzene rings is 1. The first kappa shape index (κ1) is 12.2. The van der Waals surface area contributed by atoms with Crippen molar-refractivity contribution in [2.45, 2.75) is 6.92 Å². The first-order valence-electron chi connectivity index (χ1n) is 5.54. The summed E-state index contributed by atoms with van der Waals surface area (Å²) in [6.07, 6.45) is 0. The number of para-hydroxylation sites is 1. The second-order valence-electron chi connectivity index (χ2n) is 3.56. The Morgan fingerprint density at radius 2 is 2.33 bits per heavy atom. The third-order valence-corrected chi connectivity index (χ3v) is 2.26. The molecule has 2 rings (SSSR count). The van der Waals surface area contributed by atoms with Gasteiger partial charge in [-0.2, -0.15) is 0 Å². The summed E-state index contributed by atoms with van der Waals surface area (Å²) in [4.78, 5) is 22.4. The Balaban J connectivity index is 2.09. The molecular weight excluding hydrogens is 238 g/mol. The summed E-state index contributed by atoms with van der Waals surface area (Å²) in [6, 6.07) is 5.08. The lowest BCUT2D eigenvalue weighted by atomic mass is 10.2. The monoisotopic (exact) mass is 251 g/mol. The molecule has 0 fully saturated rings. The van der Waals surface area contributed by atoms with Crippen molar-refractivity contribution in [1.82, 2.24) is 0 Å². The van der Waals surface area contributed by atoms with Crippen LogP contribution < -0.4 is 14.8 Å². The van der Waals surface area contributed by atoms with Gasteiger partial charge in [0, 0.05) is 0 Å². The normalized spacial score (nSPS) is 13.1. The number of hydrogen-bond donors (Lipinski definition) is 1. The molecule has 0 bridgehead atoms. The first-order chi connectivity index (χ1) is 8.70. The number of esters is 1. The van der Waals surface area contributed by atoms with Crippen molar-refractivity contribution >= 4 is 17.6 Å². The van der Waals surface area contributed by atoms with E-state index < -0.39 is 5.97 Å². The maximum absolute atomic E-state index is 11.2. The number of fused-ring (bicyclic) bond motifs is 1. The second kappa shape index (κ2) is 5.39. The van der Waals surface area contributed by atoms with E-state index in [2.05, 4.69) is 5.32 Å². The second-order valence-corrected chi connectivity index (χ2v) is 3.56. The molecular formula is C12H13NO5. The average molecular weight is 251 g/mol. The van der Waals surface area contributed by atoms with Crippen molar-refractivity contribution in [3.63, 3.8) is 0 Å². The van der Waals surface area contributed by atoms with E-state index in [1.165, 1.54) is 0 Å². The molecule has 1 aliphatic heterocycles. The topological polar surface area (TPSA) is 73.9 Å². The van der Waals surface area contributed by atoms with Gasteiger partial charge in [0.1, 0.15) is 17.2 Å². The molecule has 1 heterocycles. The molecule has 18 heavy (non-hydrogen) atoms. The van der Waals surface area contributed by atoms with Gasteiger partial charge in [0.25, 0.3) is 5.91 Å². The van der Waals surface area contributed by atoms with Gasteiger partial charge in [-0.3, -0.25) is 4.79 Å². The van der Waals surface area contributed by atoms with E-state index in [0.29, 0.717) is 23.8 Å². The molecule has 0 aliphatic carbocycles. The summed E-state index contributed by atoms with van der Waals surface area (Å²) in [5, 5.41) is 2.64. The van der Waals surface area contributed by atoms with Crippen molar-refractivity contribution < 1.29 is 23.8 Å². The fourth-order valence-corrected chi connectivity index (χ4v) is 1.53. The number of carbonyl (C=O) groups is 2. The fraction of sp³-hybridized carbons (Fsp3) is 0.333. The number of rotatable bonds is 4. The molecule has 1 aliphatic rings. The van der Waals surface area contributed by atoms with Gasteiger partial charge in [0.2, 0.25) is 0 Å². The van der Waals surface area contributed by atoms with Crippen LogP contribution in [0.1, 0.15) is 6.92 Å². The predicted octanol–water partition coefficient (Wildman–Crippen LogP) is 0.959. The van der Waals surface area contributed by atoms with Crippen LogP contribution in [0, 0.1) is 0 Å². The molecule has 1 amide bonds. The standard InChI is InChI=1S/C12H13NO5/c1-2-16-11(15)7-18-9-5-3-4-8-12(9)13-10(14)6-17-8/h3-5H,2,6-7H2,1H3,(H,13,14). The Kier molecular flexibility index (Phi) is 3.66. The maximum atomic E-state index is 11.2. The number of carbonyl (C=O) groups excluding carboxylic acids is 2. The van der Waals surface area contributed by atoms with E-state index in [0.717, 1.165) is 0 Å². The minimum atomic E-state index is -0.460. The lowest BCUT2D eigenvalue weighted by Crippen LogP contribution is -2.26. The molecule has 0 spiro atoms. The van der Waals surface area contributed by atoms with Gasteiger partial charge in [-0.25, -0.2) is 4.79 Å². The molecule has 0 atom stereocenters. The van der Waals surface area contributed by atoms with Gasteiger partial charge < -0.3 is 19.5 Å². The molecule has 6 heteroatoms. The highest BCUT2D eigenvalue weighted by Crippen LogP contribution is 2.36. The van der Waals surface area contributed by atoms with E-state index in [9.17, 15) is 9.59 Å². The summed E-state index contributed by atoms with van der Waals surface area (Å²) >= 11 is 0. The van der Waals surface area contributed by atoms with Gasteiger partial charge >= 0.3 is 5.97 Å². The van der Waals surface area contributed by atoms with Crippen LogP contribution in [0.4, 0.5) is 5.69 Å². The van der Waals surface area contributed by atoms with Gasteiger partial charge in [-0.05, 0) is 19.1 Å². The maximum Gasteiger partial charge on any atom is 0.344 e. The van der Waals surface area contributed by atoms with E-state index in [1.54, 1.807) is 25.1 Å². The molecule has 1 N–H and O–H groups in total. The van der Waals surface area contributed by atoms with Gasteiger partial charge in [0.05, 0.1) is 6.61 Å². The van der Waals surface area contributed by atoms with E-state index >= 15 is 0 Å². The molecule has 6 nitrogen and oxygen atoms in total. The van der Waals surface area contributed by atoms with Crippen molar-refractivity contribution in [3.05, 3.63) is 18.2 Å². The third-order valence-electron chi connectivity index (χ3n) is 2.26. The SMILES string of the molecule is CCOC(=O)COc1cccc2c1NC(=O)CO2. The van der Waals surface area contributed by atoms with E-state index in [4.69, 9.17) is 14.2 Å². The molecule has 0 saturated carbocycles. The highest BCUT2D eigenvalue weighted by molar-refractivity contribution is 5.97. The van der Waals surface area contributed by atoms with Gasteiger partial charge in [-0.15, -0.1) is 0 Å². The Labute approximate surface area is 104 Å². The van der Waals surface area contributed by atoms with Crippen LogP contribution >= 0.6 is 0 Å². The summed E-state index contributed by atoms with van der Waals surface area (Å²) in [6.45, 7) is 1.79. The molecule has 0 aromatic heterocycles. The first-order valence-corrected chi connectivity index (χ1v) is 5.54. The minimum absolute atomic E-state index is 0.0195. The number of ether oxygens (including phenoxy) is 3. The number of hydrogen-bond acceptors (Lipinski definition) is 5. The van der Waals surface area contributed by atoms with Crippen LogP contribution in [-0.4, -0.2) is 31.7 Å². The lowest BCUT2D eigenvalue weighted by molar-refractivity contribution is -0.145. The van der Waals surface area contributed by atoms with Crippen LogP contribution in [0.3, 0.4) is 0 Å².